The van der Waals surface area contributed by atoms with Crippen LogP contribution in [0, 0.1) is 5.92 Å². The summed E-state index contributed by atoms with van der Waals surface area (Å²) >= 11 is 1.59. The Morgan fingerprint density at radius 3 is 2.48 bits per heavy atom. The summed E-state index contributed by atoms with van der Waals surface area (Å²) in [5.74, 6) is 0.763. The molecule has 1 aromatic heterocycles. The molecule has 2 aromatic carbocycles. The van der Waals surface area contributed by atoms with Gasteiger partial charge in [-0.25, -0.2) is 4.98 Å². The molecule has 1 aliphatic rings. The lowest BCUT2D eigenvalue weighted by molar-refractivity contribution is -0.129. The first-order valence-corrected chi connectivity index (χ1v) is 10.1. The Morgan fingerprint density at radius 2 is 1.78 bits per heavy atom. The maximum atomic E-state index is 12.8. The van der Waals surface area contributed by atoms with Crippen LogP contribution in [0.4, 0.5) is 0 Å². The van der Waals surface area contributed by atoms with Crippen molar-refractivity contribution in [3.8, 4) is 10.6 Å². The molecule has 2 atom stereocenters. The molecule has 0 radical (unpaired) electrons. The van der Waals surface area contributed by atoms with Crippen LogP contribution in [0.15, 0.2) is 66.0 Å². The molecule has 4 rings (SSSR count). The number of nitrogens with zero attached hydrogens (tertiary/aromatic N) is 2. The van der Waals surface area contributed by atoms with E-state index in [0.717, 1.165) is 29.4 Å². The summed E-state index contributed by atoms with van der Waals surface area (Å²) in [7, 11) is 0. The van der Waals surface area contributed by atoms with Crippen molar-refractivity contribution in [1.82, 2.24) is 9.88 Å². The first kappa shape index (κ1) is 17.9. The Balaban J connectivity index is 1.44. The number of hydrogen-bond acceptors (Lipinski definition) is 4. The molecule has 0 saturated carbocycles. The zero-order valence-corrected chi connectivity index (χ0v) is 15.9. The fourth-order valence-corrected chi connectivity index (χ4v) is 4.59. The van der Waals surface area contributed by atoms with Crippen molar-refractivity contribution < 1.29 is 4.79 Å². The molecule has 0 aliphatic carbocycles. The molecule has 4 nitrogen and oxygen atoms in total. The Hall–Kier alpha value is -2.50. The highest BCUT2D eigenvalue weighted by Gasteiger charge is 2.35. The number of rotatable bonds is 5. The Kier molecular flexibility index (Phi) is 5.32. The van der Waals surface area contributed by atoms with Gasteiger partial charge in [0.2, 0.25) is 5.91 Å². The molecule has 138 valence electrons. The molecule has 1 amide bonds. The number of carbonyl (C=O) groups is 1. The normalized spacial score (nSPS) is 19.4. The van der Waals surface area contributed by atoms with Gasteiger partial charge in [-0.05, 0) is 18.0 Å². The summed E-state index contributed by atoms with van der Waals surface area (Å²) < 4.78 is 0. The number of carbonyl (C=O) groups excluding carboxylic acids is 1. The molecule has 2 heterocycles. The second-order valence-electron chi connectivity index (χ2n) is 7.00. The maximum absolute atomic E-state index is 12.8. The number of likely N-dealkylation sites (tertiary alicyclic amines) is 1. The van der Waals surface area contributed by atoms with Crippen LogP contribution in [-0.2, 0) is 11.2 Å². The van der Waals surface area contributed by atoms with Crippen molar-refractivity contribution in [2.75, 3.05) is 19.6 Å². The summed E-state index contributed by atoms with van der Waals surface area (Å²) in [6, 6.07) is 20.5. The van der Waals surface area contributed by atoms with E-state index in [1.165, 1.54) is 5.56 Å². The van der Waals surface area contributed by atoms with Gasteiger partial charge >= 0.3 is 0 Å². The van der Waals surface area contributed by atoms with E-state index < -0.39 is 0 Å². The predicted molar refractivity (Wildman–Crippen MR) is 110 cm³/mol. The molecule has 1 aliphatic heterocycles. The zero-order chi connectivity index (χ0) is 18.6. The van der Waals surface area contributed by atoms with Gasteiger partial charge in [0.25, 0.3) is 0 Å². The molecular weight excluding hydrogens is 354 g/mol. The minimum atomic E-state index is 0.136. The van der Waals surface area contributed by atoms with Crippen molar-refractivity contribution >= 4 is 17.2 Å². The van der Waals surface area contributed by atoms with Gasteiger partial charge in [-0.1, -0.05) is 60.7 Å². The van der Waals surface area contributed by atoms with Crippen molar-refractivity contribution in [1.29, 1.82) is 0 Å². The second-order valence-corrected chi connectivity index (χ2v) is 7.86. The number of benzene rings is 2. The Labute approximate surface area is 163 Å². The van der Waals surface area contributed by atoms with Crippen molar-refractivity contribution in [2.45, 2.75) is 12.3 Å². The number of amides is 1. The van der Waals surface area contributed by atoms with Gasteiger partial charge < -0.3 is 10.6 Å². The van der Waals surface area contributed by atoms with Gasteiger partial charge in [-0.3, -0.25) is 4.79 Å². The predicted octanol–water partition coefficient (Wildman–Crippen LogP) is 3.55. The highest BCUT2D eigenvalue weighted by atomic mass is 32.1. The van der Waals surface area contributed by atoms with Crippen LogP contribution >= 0.6 is 11.3 Å². The first-order chi connectivity index (χ1) is 13.2. The molecule has 1 saturated heterocycles. The number of hydrogen-bond donors (Lipinski definition) is 1. The highest BCUT2D eigenvalue weighted by molar-refractivity contribution is 7.13. The van der Waals surface area contributed by atoms with Crippen LogP contribution in [0.25, 0.3) is 10.6 Å². The van der Waals surface area contributed by atoms with Crippen molar-refractivity contribution in [2.24, 2.45) is 11.7 Å². The molecule has 0 spiro atoms. The van der Waals surface area contributed by atoms with E-state index >= 15 is 0 Å². The minimum Gasteiger partial charge on any atom is -0.341 e. The summed E-state index contributed by atoms with van der Waals surface area (Å²) in [6.07, 6.45) is 0.349. The lowest BCUT2D eigenvalue weighted by Gasteiger charge is -2.16. The van der Waals surface area contributed by atoms with Gasteiger partial charge in [0.05, 0.1) is 12.1 Å². The van der Waals surface area contributed by atoms with E-state index in [2.05, 4.69) is 17.1 Å². The van der Waals surface area contributed by atoms with Crippen LogP contribution in [0.2, 0.25) is 0 Å². The number of aromatic nitrogens is 1. The van der Waals surface area contributed by atoms with E-state index in [1.807, 2.05) is 58.8 Å². The molecule has 2 N–H and O–H groups in total. The molecule has 0 unspecified atom stereocenters. The quantitative estimate of drug-likeness (QED) is 0.740. The third kappa shape index (κ3) is 3.94. The third-order valence-electron chi connectivity index (χ3n) is 5.23. The fourth-order valence-electron chi connectivity index (χ4n) is 3.76. The van der Waals surface area contributed by atoms with E-state index in [9.17, 15) is 4.79 Å². The standard InChI is InChI=1S/C22H23N3OS/c23-12-18-13-25(14-20(18)16-7-3-1-4-8-16)21(26)11-19-15-27-22(24-19)17-9-5-2-6-10-17/h1-10,15,18,20H,11-14,23H2/t18-,20+/m1/s1. The van der Waals surface area contributed by atoms with Gasteiger partial charge in [-0.15, -0.1) is 11.3 Å². The van der Waals surface area contributed by atoms with Crippen LogP contribution in [-0.4, -0.2) is 35.4 Å². The maximum Gasteiger partial charge on any atom is 0.228 e. The zero-order valence-electron chi connectivity index (χ0n) is 15.1. The van der Waals surface area contributed by atoms with Crippen LogP contribution in [0.5, 0.6) is 0 Å². The average Bonchev–Trinajstić information content (AvgIpc) is 3.36. The summed E-state index contributed by atoms with van der Waals surface area (Å²) in [5.41, 5.74) is 9.20. The van der Waals surface area contributed by atoms with Crippen molar-refractivity contribution in [3.05, 3.63) is 77.3 Å². The van der Waals surface area contributed by atoms with E-state index in [1.54, 1.807) is 11.3 Å². The van der Waals surface area contributed by atoms with Gasteiger partial charge in [0.15, 0.2) is 0 Å². The van der Waals surface area contributed by atoms with Gasteiger partial charge in [-0.2, -0.15) is 0 Å². The highest BCUT2D eigenvalue weighted by Crippen LogP contribution is 2.32. The first-order valence-electron chi connectivity index (χ1n) is 9.27. The van der Waals surface area contributed by atoms with Gasteiger partial charge in [0, 0.05) is 30.0 Å². The lowest BCUT2D eigenvalue weighted by Crippen LogP contribution is -2.31. The Morgan fingerprint density at radius 1 is 1.07 bits per heavy atom. The summed E-state index contributed by atoms with van der Waals surface area (Å²) in [5, 5.41) is 2.95. The topological polar surface area (TPSA) is 59.2 Å². The molecule has 27 heavy (non-hydrogen) atoms. The smallest absolute Gasteiger partial charge is 0.228 e. The van der Waals surface area contributed by atoms with Gasteiger partial charge in [0.1, 0.15) is 5.01 Å². The van der Waals surface area contributed by atoms with Crippen LogP contribution < -0.4 is 5.73 Å². The third-order valence-corrected chi connectivity index (χ3v) is 6.17. The monoisotopic (exact) mass is 377 g/mol. The van der Waals surface area contributed by atoms with E-state index in [0.29, 0.717) is 24.8 Å². The molecule has 3 aromatic rings. The van der Waals surface area contributed by atoms with E-state index in [-0.39, 0.29) is 5.91 Å². The molecular formula is C22H23N3OS. The van der Waals surface area contributed by atoms with E-state index in [4.69, 9.17) is 5.73 Å². The van der Waals surface area contributed by atoms with Crippen LogP contribution in [0.3, 0.4) is 0 Å². The Bertz CT molecular complexity index is 894. The second kappa shape index (κ2) is 8.03. The average molecular weight is 378 g/mol. The molecule has 0 bridgehead atoms. The summed E-state index contributed by atoms with van der Waals surface area (Å²) in [4.78, 5) is 19.5. The largest absolute Gasteiger partial charge is 0.341 e. The SMILES string of the molecule is NC[C@@H]1CN(C(=O)Cc2csc(-c3ccccc3)n2)C[C@H]1c1ccccc1. The number of thiazole rings is 1. The number of nitrogens with two attached hydrogens (primary N) is 1. The lowest BCUT2D eigenvalue weighted by atomic mass is 9.89. The summed E-state index contributed by atoms with van der Waals surface area (Å²) in [6.45, 7) is 2.06. The van der Waals surface area contributed by atoms with Crippen LogP contribution in [0.1, 0.15) is 17.2 Å². The molecule has 5 heteroatoms. The fraction of sp³-hybridized carbons (Fsp3) is 0.273. The van der Waals surface area contributed by atoms with Crippen molar-refractivity contribution in [3.63, 3.8) is 0 Å². The minimum absolute atomic E-state index is 0.136. The molecule has 1 fully saturated rings.